The van der Waals surface area contributed by atoms with Gasteiger partial charge >= 0.3 is 0 Å². The van der Waals surface area contributed by atoms with E-state index in [0.717, 1.165) is 11.1 Å². The van der Waals surface area contributed by atoms with E-state index >= 15 is 0 Å². The van der Waals surface area contributed by atoms with Crippen LogP contribution in [0.3, 0.4) is 0 Å². The molecule has 0 atom stereocenters. The number of carbonyl (C=O) groups is 1. The van der Waals surface area contributed by atoms with Crippen LogP contribution in [0, 0.1) is 0 Å². The van der Waals surface area contributed by atoms with Crippen molar-refractivity contribution in [1.82, 2.24) is 25.7 Å². The Morgan fingerprint density at radius 1 is 0.933 bits per heavy atom. The van der Waals surface area contributed by atoms with E-state index in [4.69, 9.17) is 0 Å². The third-order valence-corrected chi connectivity index (χ3v) is 4.43. The monoisotopic (exact) mass is 518 g/mol. The van der Waals surface area contributed by atoms with Gasteiger partial charge < -0.3 is 16.0 Å². The molecule has 0 unspecified atom stereocenters. The van der Waals surface area contributed by atoms with Crippen molar-refractivity contribution < 1.29 is 4.79 Å². The second kappa shape index (κ2) is 12.6. The first kappa shape index (κ1) is 23.4. The summed E-state index contributed by atoms with van der Waals surface area (Å²) < 4.78 is 1.89. The molecule has 3 N–H and O–H groups in total. The summed E-state index contributed by atoms with van der Waals surface area (Å²) in [5.41, 5.74) is 3.40. The van der Waals surface area contributed by atoms with Gasteiger partial charge in [0.05, 0.1) is 13.1 Å². The average molecular weight is 518 g/mol. The lowest BCUT2D eigenvalue weighted by molar-refractivity contribution is -0.120. The van der Waals surface area contributed by atoms with Gasteiger partial charge in [0.15, 0.2) is 5.96 Å². The molecule has 8 heteroatoms. The quantitative estimate of drug-likeness (QED) is 0.243. The molecule has 7 nitrogen and oxygen atoms in total. The smallest absolute Gasteiger partial charge is 0.239 e. The maximum Gasteiger partial charge on any atom is 0.239 e. The first-order valence-corrected chi connectivity index (χ1v) is 9.54. The number of aliphatic imine (C=N–C) groups is 1. The maximum atomic E-state index is 12.1. The van der Waals surface area contributed by atoms with Gasteiger partial charge in [-0.25, -0.2) is 0 Å². The molecular weight excluding hydrogens is 491 g/mol. The fourth-order valence-electron chi connectivity index (χ4n) is 2.88. The molecule has 0 bridgehead atoms. The molecule has 158 valence electrons. The van der Waals surface area contributed by atoms with Crippen molar-refractivity contribution in [3.8, 4) is 0 Å². The van der Waals surface area contributed by atoms with E-state index in [9.17, 15) is 4.79 Å². The lowest BCUT2D eigenvalue weighted by Crippen LogP contribution is -2.42. The summed E-state index contributed by atoms with van der Waals surface area (Å²) in [5, 5.41) is 13.5. The lowest BCUT2D eigenvalue weighted by atomic mass is 10.1. The fraction of sp³-hybridized carbons (Fsp3) is 0.227. The predicted octanol–water partition coefficient (Wildman–Crippen LogP) is 2.53. The van der Waals surface area contributed by atoms with Gasteiger partial charge in [-0.15, -0.1) is 24.0 Å². The second-order valence-electron chi connectivity index (χ2n) is 6.51. The summed E-state index contributed by atoms with van der Waals surface area (Å²) >= 11 is 0. The largest absolute Gasteiger partial charge is 0.352 e. The predicted molar refractivity (Wildman–Crippen MR) is 130 cm³/mol. The molecule has 0 radical (unpaired) electrons. The van der Waals surface area contributed by atoms with Crippen LogP contribution >= 0.6 is 24.0 Å². The van der Waals surface area contributed by atoms with Gasteiger partial charge in [0.2, 0.25) is 5.91 Å². The first-order chi connectivity index (χ1) is 14.2. The Labute approximate surface area is 194 Å². The van der Waals surface area contributed by atoms with Crippen molar-refractivity contribution >= 4 is 35.8 Å². The van der Waals surface area contributed by atoms with E-state index in [2.05, 4.69) is 38.2 Å². The zero-order chi connectivity index (χ0) is 20.3. The van der Waals surface area contributed by atoms with Crippen molar-refractivity contribution in [1.29, 1.82) is 0 Å². The minimum atomic E-state index is -0.0871. The summed E-state index contributed by atoms with van der Waals surface area (Å²) in [4.78, 5) is 16.3. The molecular formula is C22H27IN6O. The average Bonchev–Trinajstić information content (AvgIpc) is 3.27. The van der Waals surface area contributed by atoms with Crippen LogP contribution in [0.4, 0.5) is 0 Å². The lowest BCUT2D eigenvalue weighted by Gasteiger charge is -2.14. The molecule has 0 aliphatic heterocycles. The number of guanidine groups is 1. The van der Waals surface area contributed by atoms with Gasteiger partial charge in [-0.1, -0.05) is 54.6 Å². The van der Waals surface area contributed by atoms with Gasteiger partial charge in [0.1, 0.15) is 0 Å². The SMILES string of the molecule is CN=C(NCC(=O)NCc1ccccc1)NCc1ccccc1Cn1cccn1.I. The van der Waals surface area contributed by atoms with Crippen LogP contribution in [-0.4, -0.2) is 35.2 Å². The number of nitrogens with zero attached hydrogens (tertiary/aromatic N) is 3. The van der Waals surface area contributed by atoms with Gasteiger partial charge in [0.25, 0.3) is 0 Å². The summed E-state index contributed by atoms with van der Waals surface area (Å²) in [6, 6.07) is 19.9. The molecule has 2 aromatic carbocycles. The molecule has 0 saturated carbocycles. The number of amides is 1. The normalized spacial score (nSPS) is 10.8. The van der Waals surface area contributed by atoms with Crippen LogP contribution in [0.5, 0.6) is 0 Å². The topological polar surface area (TPSA) is 83.3 Å². The highest BCUT2D eigenvalue weighted by molar-refractivity contribution is 14.0. The number of rotatable bonds is 8. The Balaban J connectivity index is 0.00000320. The van der Waals surface area contributed by atoms with Crippen LogP contribution in [0.1, 0.15) is 16.7 Å². The summed E-state index contributed by atoms with van der Waals surface area (Å²) in [5.74, 6) is 0.490. The number of hydrogen-bond donors (Lipinski definition) is 3. The highest BCUT2D eigenvalue weighted by Crippen LogP contribution is 2.10. The van der Waals surface area contributed by atoms with Crippen molar-refractivity contribution in [2.75, 3.05) is 13.6 Å². The summed E-state index contributed by atoms with van der Waals surface area (Å²) in [6.45, 7) is 1.97. The Bertz CT molecular complexity index is 928. The maximum absolute atomic E-state index is 12.1. The fourth-order valence-corrected chi connectivity index (χ4v) is 2.88. The van der Waals surface area contributed by atoms with Crippen molar-refractivity contribution in [3.05, 3.63) is 89.7 Å². The van der Waals surface area contributed by atoms with Crippen LogP contribution in [0.25, 0.3) is 0 Å². The number of halogens is 1. The van der Waals surface area contributed by atoms with E-state index in [1.165, 1.54) is 5.56 Å². The number of nitrogens with one attached hydrogen (secondary N) is 3. The highest BCUT2D eigenvalue weighted by Gasteiger charge is 2.06. The number of aromatic nitrogens is 2. The Morgan fingerprint density at radius 2 is 1.67 bits per heavy atom. The van der Waals surface area contributed by atoms with Gasteiger partial charge in [-0.3, -0.25) is 14.5 Å². The van der Waals surface area contributed by atoms with Crippen molar-refractivity contribution in [3.63, 3.8) is 0 Å². The van der Waals surface area contributed by atoms with E-state index < -0.39 is 0 Å². The van der Waals surface area contributed by atoms with Crippen LogP contribution in [-0.2, 0) is 24.4 Å². The van der Waals surface area contributed by atoms with Gasteiger partial charge in [0, 0.05) is 32.5 Å². The Kier molecular flexibility index (Phi) is 9.85. The van der Waals surface area contributed by atoms with E-state index in [0.29, 0.717) is 25.6 Å². The Morgan fingerprint density at radius 3 is 2.37 bits per heavy atom. The van der Waals surface area contributed by atoms with Crippen LogP contribution in [0.15, 0.2) is 78.0 Å². The molecule has 1 aromatic heterocycles. The van der Waals surface area contributed by atoms with E-state index in [1.54, 1.807) is 13.2 Å². The number of hydrogen-bond acceptors (Lipinski definition) is 3. The minimum absolute atomic E-state index is 0. The molecule has 3 rings (SSSR count). The summed E-state index contributed by atoms with van der Waals surface area (Å²) in [7, 11) is 1.69. The zero-order valence-corrected chi connectivity index (χ0v) is 19.2. The highest BCUT2D eigenvalue weighted by atomic mass is 127. The first-order valence-electron chi connectivity index (χ1n) is 9.54. The minimum Gasteiger partial charge on any atom is -0.352 e. The van der Waals surface area contributed by atoms with Crippen LogP contribution in [0.2, 0.25) is 0 Å². The summed E-state index contributed by atoms with van der Waals surface area (Å²) in [6.07, 6.45) is 3.72. The van der Waals surface area contributed by atoms with E-state index in [-0.39, 0.29) is 36.4 Å². The Hall–Kier alpha value is -2.88. The molecule has 1 amide bonds. The van der Waals surface area contributed by atoms with Gasteiger partial charge in [-0.2, -0.15) is 5.10 Å². The van der Waals surface area contributed by atoms with Crippen molar-refractivity contribution in [2.24, 2.45) is 4.99 Å². The molecule has 30 heavy (non-hydrogen) atoms. The molecule has 0 aliphatic rings. The second-order valence-corrected chi connectivity index (χ2v) is 6.51. The van der Waals surface area contributed by atoms with Crippen molar-refractivity contribution in [2.45, 2.75) is 19.6 Å². The number of carbonyl (C=O) groups excluding carboxylic acids is 1. The third-order valence-electron chi connectivity index (χ3n) is 4.43. The molecule has 0 spiro atoms. The molecule has 3 aromatic rings. The van der Waals surface area contributed by atoms with Gasteiger partial charge in [-0.05, 0) is 22.8 Å². The molecule has 0 saturated heterocycles. The molecule has 0 aliphatic carbocycles. The molecule has 0 fully saturated rings. The van der Waals surface area contributed by atoms with Crippen LogP contribution < -0.4 is 16.0 Å². The van der Waals surface area contributed by atoms with E-state index in [1.807, 2.05) is 59.4 Å². The zero-order valence-electron chi connectivity index (χ0n) is 16.9. The number of benzene rings is 2. The standard InChI is InChI=1S/C22H26N6O.HI/c1-23-22(26-16-21(29)24-14-18-8-3-2-4-9-18)25-15-19-10-5-6-11-20(19)17-28-13-7-12-27-28;/h2-13H,14-17H2,1H3,(H,24,29)(H2,23,25,26);1H. The molecule has 1 heterocycles. The third kappa shape index (κ3) is 7.51.